The SMILES string of the molecule is O=C(CCCBr)NCCCCNc1cccc2c1C(=O)N(C1CCC(=O)NC1=O)C2=O. The van der Waals surface area contributed by atoms with Gasteiger partial charge in [-0.1, -0.05) is 22.0 Å². The van der Waals surface area contributed by atoms with E-state index in [1.807, 2.05) is 0 Å². The zero-order chi connectivity index (χ0) is 22.4. The number of piperidine rings is 1. The number of benzene rings is 1. The molecule has 3 rings (SSSR count). The van der Waals surface area contributed by atoms with Crippen LogP contribution in [0.25, 0.3) is 0 Å². The number of nitrogens with one attached hydrogen (secondary N) is 3. The summed E-state index contributed by atoms with van der Waals surface area (Å²) >= 11 is 3.29. The van der Waals surface area contributed by atoms with Crippen molar-refractivity contribution in [3.63, 3.8) is 0 Å². The first kappa shape index (κ1) is 22.9. The number of hydrogen-bond donors (Lipinski definition) is 3. The number of unbranched alkanes of at least 4 members (excludes halogenated alkanes) is 1. The number of anilines is 1. The molecule has 0 spiro atoms. The maximum Gasteiger partial charge on any atom is 0.264 e. The first-order valence-electron chi connectivity index (χ1n) is 10.3. The van der Waals surface area contributed by atoms with Gasteiger partial charge in [-0.15, -0.1) is 0 Å². The van der Waals surface area contributed by atoms with Crippen LogP contribution in [0.1, 0.15) is 59.2 Å². The molecular formula is C21H25BrN4O5. The van der Waals surface area contributed by atoms with E-state index in [9.17, 15) is 24.0 Å². The Morgan fingerprint density at radius 1 is 1.10 bits per heavy atom. The Morgan fingerprint density at radius 2 is 1.87 bits per heavy atom. The Kier molecular flexibility index (Phi) is 7.78. The lowest BCUT2D eigenvalue weighted by atomic mass is 10.0. The molecule has 9 nitrogen and oxygen atoms in total. The molecule has 0 aromatic heterocycles. The lowest BCUT2D eigenvalue weighted by Gasteiger charge is -2.27. The lowest BCUT2D eigenvalue weighted by Crippen LogP contribution is -2.54. The zero-order valence-electron chi connectivity index (χ0n) is 17.0. The topological polar surface area (TPSA) is 125 Å². The number of nitrogens with zero attached hydrogens (tertiary/aromatic N) is 1. The zero-order valence-corrected chi connectivity index (χ0v) is 18.6. The standard InChI is InChI=1S/C21H25BrN4O5/c22-10-4-7-16(27)24-12-2-1-11-23-14-6-3-5-13-18(14)21(31)26(20(13)30)15-8-9-17(28)25-19(15)29/h3,5-6,15,23H,1-2,4,7-12H2,(H,24,27)(H,25,28,29). The number of carbonyl (C=O) groups excluding carboxylic acids is 5. The summed E-state index contributed by atoms with van der Waals surface area (Å²) < 4.78 is 0. The van der Waals surface area contributed by atoms with E-state index < -0.39 is 29.7 Å². The van der Waals surface area contributed by atoms with Crippen molar-refractivity contribution in [2.24, 2.45) is 0 Å². The Morgan fingerprint density at radius 3 is 2.61 bits per heavy atom. The van der Waals surface area contributed by atoms with Crippen molar-refractivity contribution in [3.05, 3.63) is 29.3 Å². The van der Waals surface area contributed by atoms with Gasteiger partial charge in [-0.05, 0) is 37.8 Å². The Balaban J connectivity index is 1.56. The molecule has 5 amide bonds. The molecule has 1 aromatic rings. The van der Waals surface area contributed by atoms with E-state index in [2.05, 4.69) is 31.9 Å². The molecule has 1 unspecified atom stereocenters. The molecule has 2 aliphatic heterocycles. The number of alkyl halides is 1. The van der Waals surface area contributed by atoms with Gasteiger partial charge in [0.25, 0.3) is 11.8 Å². The fourth-order valence-electron chi connectivity index (χ4n) is 3.68. The quantitative estimate of drug-likeness (QED) is 0.258. The number of rotatable bonds is 10. The summed E-state index contributed by atoms with van der Waals surface area (Å²) in [5.74, 6) is -2.05. The number of amides is 5. The highest BCUT2D eigenvalue weighted by molar-refractivity contribution is 9.09. The average Bonchev–Trinajstić information content (AvgIpc) is 3.00. The molecule has 1 atom stereocenters. The Bertz CT molecular complexity index is 904. The van der Waals surface area contributed by atoms with Crippen LogP contribution in [0.3, 0.4) is 0 Å². The van der Waals surface area contributed by atoms with Crippen molar-refractivity contribution in [3.8, 4) is 0 Å². The summed E-state index contributed by atoms with van der Waals surface area (Å²) in [7, 11) is 0. The van der Waals surface area contributed by atoms with Crippen LogP contribution in [-0.4, -0.2) is 58.9 Å². The fraction of sp³-hybridized carbons (Fsp3) is 0.476. The molecule has 1 aromatic carbocycles. The van der Waals surface area contributed by atoms with Crippen molar-refractivity contribution in [1.29, 1.82) is 0 Å². The van der Waals surface area contributed by atoms with Gasteiger partial charge < -0.3 is 10.6 Å². The van der Waals surface area contributed by atoms with E-state index in [1.165, 1.54) is 0 Å². The summed E-state index contributed by atoms with van der Waals surface area (Å²) in [6, 6.07) is 3.99. The smallest absolute Gasteiger partial charge is 0.264 e. The maximum atomic E-state index is 13.0. The van der Waals surface area contributed by atoms with Gasteiger partial charge in [0.15, 0.2) is 0 Å². The van der Waals surface area contributed by atoms with Crippen LogP contribution in [0.4, 0.5) is 5.69 Å². The van der Waals surface area contributed by atoms with E-state index in [-0.39, 0.29) is 29.9 Å². The van der Waals surface area contributed by atoms with Gasteiger partial charge in [0.1, 0.15) is 6.04 Å². The third-order valence-electron chi connectivity index (χ3n) is 5.25. The number of fused-ring (bicyclic) bond motifs is 1. The highest BCUT2D eigenvalue weighted by Crippen LogP contribution is 2.32. The molecule has 0 saturated carbocycles. The van der Waals surface area contributed by atoms with Crippen molar-refractivity contribution in [2.45, 2.75) is 44.6 Å². The summed E-state index contributed by atoms with van der Waals surface area (Å²) in [4.78, 5) is 61.9. The molecule has 10 heteroatoms. The minimum atomic E-state index is -0.980. The summed E-state index contributed by atoms with van der Waals surface area (Å²) in [5, 5.41) is 9.04. The monoisotopic (exact) mass is 492 g/mol. The molecule has 1 saturated heterocycles. The van der Waals surface area contributed by atoms with Crippen LogP contribution >= 0.6 is 15.9 Å². The summed E-state index contributed by atoms with van der Waals surface area (Å²) in [5.41, 5.74) is 1.03. The van der Waals surface area contributed by atoms with Crippen LogP contribution < -0.4 is 16.0 Å². The molecule has 3 N–H and O–H groups in total. The average molecular weight is 493 g/mol. The van der Waals surface area contributed by atoms with Crippen molar-refractivity contribution < 1.29 is 24.0 Å². The number of halogens is 1. The van der Waals surface area contributed by atoms with Crippen LogP contribution in [0, 0.1) is 0 Å². The second-order valence-electron chi connectivity index (χ2n) is 7.45. The highest BCUT2D eigenvalue weighted by atomic mass is 79.9. The van der Waals surface area contributed by atoms with Gasteiger partial charge in [-0.2, -0.15) is 0 Å². The largest absolute Gasteiger partial charge is 0.384 e. The number of hydrogen-bond acceptors (Lipinski definition) is 6. The Labute approximate surface area is 188 Å². The van der Waals surface area contributed by atoms with Crippen molar-refractivity contribution >= 4 is 51.2 Å². The third kappa shape index (κ3) is 5.30. The van der Waals surface area contributed by atoms with E-state index in [0.717, 1.165) is 29.5 Å². The predicted molar refractivity (Wildman–Crippen MR) is 117 cm³/mol. The minimum Gasteiger partial charge on any atom is -0.384 e. The van der Waals surface area contributed by atoms with Gasteiger partial charge in [0.2, 0.25) is 17.7 Å². The van der Waals surface area contributed by atoms with Gasteiger partial charge in [-0.25, -0.2) is 0 Å². The molecule has 2 heterocycles. The second kappa shape index (κ2) is 10.5. The van der Waals surface area contributed by atoms with Gasteiger partial charge in [0.05, 0.1) is 11.1 Å². The van der Waals surface area contributed by atoms with E-state index in [4.69, 9.17) is 0 Å². The van der Waals surface area contributed by atoms with Gasteiger partial charge >= 0.3 is 0 Å². The van der Waals surface area contributed by atoms with Crippen molar-refractivity contribution in [1.82, 2.24) is 15.5 Å². The maximum absolute atomic E-state index is 13.0. The second-order valence-corrected chi connectivity index (χ2v) is 8.24. The van der Waals surface area contributed by atoms with Gasteiger partial charge in [0, 0.05) is 36.9 Å². The summed E-state index contributed by atoms with van der Waals surface area (Å²) in [6.07, 6.45) is 3.05. The lowest BCUT2D eigenvalue weighted by molar-refractivity contribution is -0.136. The fourth-order valence-corrected chi connectivity index (χ4v) is 3.96. The van der Waals surface area contributed by atoms with Crippen LogP contribution in [-0.2, 0) is 14.4 Å². The molecule has 1 fully saturated rings. The first-order chi connectivity index (χ1) is 14.9. The first-order valence-corrected chi connectivity index (χ1v) is 11.5. The van der Waals surface area contributed by atoms with E-state index in [1.54, 1.807) is 18.2 Å². The van der Waals surface area contributed by atoms with Crippen molar-refractivity contribution in [2.75, 3.05) is 23.7 Å². The summed E-state index contributed by atoms with van der Waals surface area (Å²) in [6.45, 7) is 1.14. The Hall–Kier alpha value is -2.75. The molecule has 0 bridgehead atoms. The highest BCUT2D eigenvalue weighted by Gasteiger charge is 2.45. The van der Waals surface area contributed by atoms with Crippen LogP contribution in [0.5, 0.6) is 0 Å². The molecular weight excluding hydrogens is 468 g/mol. The number of imide groups is 2. The molecule has 2 aliphatic rings. The van der Waals surface area contributed by atoms with Crippen LogP contribution in [0.2, 0.25) is 0 Å². The molecule has 166 valence electrons. The van der Waals surface area contributed by atoms with Gasteiger partial charge in [-0.3, -0.25) is 34.2 Å². The third-order valence-corrected chi connectivity index (χ3v) is 5.81. The normalized spacial score (nSPS) is 18.1. The van der Waals surface area contributed by atoms with Crippen LogP contribution in [0.15, 0.2) is 18.2 Å². The van der Waals surface area contributed by atoms with E-state index >= 15 is 0 Å². The number of carbonyl (C=O) groups is 5. The minimum absolute atomic E-state index is 0.0333. The molecule has 0 radical (unpaired) electrons. The predicted octanol–water partition coefficient (Wildman–Crippen LogP) is 1.57. The molecule has 31 heavy (non-hydrogen) atoms. The molecule has 0 aliphatic carbocycles. The van der Waals surface area contributed by atoms with E-state index in [0.29, 0.717) is 25.2 Å².